The molecule has 2 aromatic rings. The number of likely N-dealkylation sites (N-methyl/N-ethyl adjacent to an activating group) is 1. The first-order chi connectivity index (χ1) is 13.0. The second-order valence-corrected chi connectivity index (χ2v) is 7.50. The number of carbonyl (C=O) groups excluding carboxylic acids is 2. The first-order valence-corrected chi connectivity index (χ1v) is 9.78. The number of amides is 3. The Kier molecular flexibility index (Phi) is 6.34. The minimum Gasteiger partial charge on any atom is -0.344 e. The molecule has 0 spiro atoms. The van der Waals surface area contributed by atoms with Gasteiger partial charge in [0.2, 0.25) is 5.91 Å². The van der Waals surface area contributed by atoms with Crippen LogP contribution in [0.25, 0.3) is 0 Å². The van der Waals surface area contributed by atoms with E-state index in [2.05, 4.69) is 10.6 Å². The maximum Gasteiger partial charge on any atom is 0.319 e. The van der Waals surface area contributed by atoms with Gasteiger partial charge in [-0.3, -0.25) is 4.79 Å². The average molecular weight is 387 g/mol. The van der Waals surface area contributed by atoms with E-state index in [1.165, 1.54) is 17.8 Å². The predicted molar refractivity (Wildman–Crippen MR) is 105 cm³/mol. The smallest absolute Gasteiger partial charge is 0.319 e. The zero-order valence-electron chi connectivity index (χ0n) is 15.1. The van der Waals surface area contributed by atoms with Gasteiger partial charge in [0, 0.05) is 36.7 Å². The Bertz CT molecular complexity index is 830. The van der Waals surface area contributed by atoms with E-state index in [4.69, 9.17) is 0 Å². The number of halogens is 1. The van der Waals surface area contributed by atoms with E-state index >= 15 is 0 Å². The van der Waals surface area contributed by atoms with Gasteiger partial charge in [0.05, 0.1) is 5.69 Å². The highest BCUT2D eigenvalue weighted by molar-refractivity contribution is 7.98. The number of carbonyl (C=O) groups is 2. The van der Waals surface area contributed by atoms with Gasteiger partial charge in [0.25, 0.3) is 0 Å². The van der Waals surface area contributed by atoms with E-state index in [0.717, 1.165) is 4.90 Å². The van der Waals surface area contributed by atoms with Gasteiger partial charge < -0.3 is 15.5 Å². The topological polar surface area (TPSA) is 61.4 Å². The number of urea groups is 1. The molecular formula is C20H22FN3O2S. The molecule has 142 valence electrons. The van der Waals surface area contributed by atoms with E-state index in [1.54, 1.807) is 24.1 Å². The van der Waals surface area contributed by atoms with Gasteiger partial charge in [-0.05, 0) is 30.2 Å². The minimum absolute atomic E-state index is 0.0640. The molecule has 5 nitrogen and oxygen atoms in total. The van der Waals surface area contributed by atoms with Gasteiger partial charge in [0.15, 0.2) is 0 Å². The minimum atomic E-state index is -0.304. The fourth-order valence-electron chi connectivity index (χ4n) is 2.94. The van der Waals surface area contributed by atoms with Crippen molar-refractivity contribution in [1.29, 1.82) is 0 Å². The number of likely N-dealkylation sites (tertiary alicyclic amines) is 1. The normalized spacial score (nSPS) is 16.9. The summed E-state index contributed by atoms with van der Waals surface area (Å²) in [5.41, 5.74) is 1.30. The number of rotatable bonds is 5. The molecule has 0 bridgehead atoms. The zero-order valence-corrected chi connectivity index (χ0v) is 15.9. The number of benzene rings is 2. The van der Waals surface area contributed by atoms with Crippen LogP contribution in [0.4, 0.5) is 14.9 Å². The molecule has 2 aromatic carbocycles. The van der Waals surface area contributed by atoms with Gasteiger partial charge in [-0.25, -0.2) is 9.18 Å². The van der Waals surface area contributed by atoms with Crippen molar-refractivity contribution in [3.63, 3.8) is 0 Å². The van der Waals surface area contributed by atoms with Crippen LogP contribution in [0.1, 0.15) is 18.4 Å². The number of anilines is 1. The highest BCUT2D eigenvalue weighted by Gasteiger charge is 2.24. The molecule has 1 fully saturated rings. The summed E-state index contributed by atoms with van der Waals surface area (Å²) >= 11 is 1.47. The van der Waals surface area contributed by atoms with Crippen LogP contribution < -0.4 is 10.6 Å². The third kappa shape index (κ3) is 5.23. The molecule has 0 aromatic heterocycles. The SMILES string of the molecule is CN1CC(NC(=O)Nc2ccccc2SCc2ccccc2F)CCC1=O. The highest BCUT2D eigenvalue weighted by atomic mass is 32.2. The maximum atomic E-state index is 13.8. The number of piperidine rings is 1. The van der Waals surface area contributed by atoms with Crippen molar-refractivity contribution in [3.05, 3.63) is 59.9 Å². The third-order valence-electron chi connectivity index (χ3n) is 4.44. The molecule has 1 atom stereocenters. The van der Waals surface area contributed by atoms with Gasteiger partial charge in [0.1, 0.15) is 5.82 Å². The molecule has 0 saturated carbocycles. The molecule has 3 amide bonds. The molecule has 1 heterocycles. The molecule has 27 heavy (non-hydrogen) atoms. The van der Waals surface area contributed by atoms with Gasteiger partial charge in [-0.15, -0.1) is 11.8 Å². The molecule has 7 heteroatoms. The van der Waals surface area contributed by atoms with Crippen molar-refractivity contribution in [2.45, 2.75) is 29.5 Å². The summed E-state index contributed by atoms with van der Waals surface area (Å²) in [5, 5.41) is 5.78. The number of thioether (sulfide) groups is 1. The number of hydrogen-bond donors (Lipinski definition) is 2. The molecule has 1 aliphatic heterocycles. The van der Waals surface area contributed by atoms with Crippen molar-refractivity contribution < 1.29 is 14.0 Å². The summed E-state index contributed by atoms with van der Waals surface area (Å²) in [6.45, 7) is 0.510. The summed E-state index contributed by atoms with van der Waals surface area (Å²) in [6.07, 6.45) is 1.08. The molecular weight excluding hydrogens is 365 g/mol. The lowest BCUT2D eigenvalue weighted by Gasteiger charge is -2.30. The average Bonchev–Trinajstić information content (AvgIpc) is 2.65. The van der Waals surface area contributed by atoms with Crippen molar-refractivity contribution in [3.8, 4) is 0 Å². The Labute approximate surface area is 162 Å². The first kappa shape index (κ1) is 19.2. The maximum absolute atomic E-state index is 13.8. The summed E-state index contributed by atoms with van der Waals surface area (Å²) in [5.74, 6) is 0.343. The Hall–Kier alpha value is -2.54. The summed E-state index contributed by atoms with van der Waals surface area (Å²) in [7, 11) is 1.74. The Morgan fingerprint density at radius 1 is 1.22 bits per heavy atom. The van der Waals surface area contributed by atoms with E-state index in [9.17, 15) is 14.0 Å². The number of nitrogens with one attached hydrogen (secondary N) is 2. The van der Waals surface area contributed by atoms with E-state index in [-0.39, 0.29) is 23.8 Å². The summed E-state index contributed by atoms with van der Waals surface area (Å²) in [4.78, 5) is 26.4. The fraction of sp³-hybridized carbons (Fsp3) is 0.300. The molecule has 0 radical (unpaired) electrons. The largest absolute Gasteiger partial charge is 0.344 e. The molecule has 0 aliphatic carbocycles. The Balaban J connectivity index is 1.59. The lowest BCUT2D eigenvalue weighted by atomic mass is 10.1. The van der Waals surface area contributed by atoms with E-state index in [0.29, 0.717) is 36.4 Å². The molecule has 3 rings (SSSR count). The second-order valence-electron chi connectivity index (χ2n) is 6.48. The van der Waals surface area contributed by atoms with E-state index in [1.807, 2.05) is 30.3 Å². The predicted octanol–water partition coefficient (Wildman–Crippen LogP) is 3.86. The molecule has 1 aliphatic rings. The van der Waals surface area contributed by atoms with Crippen LogP contribution in [-0.4, -0.2) is 36.5 Å². The van der Waals surface area contributed by atoms with Crippen molar-refractivity contribution in [1.82, 2.24) is 10.2 Å². The van der Waals surface area contributed by atoms with Crippen LogP contribution in [0, 0.1) is 5.82 Å². The number of nitrogens with zero attached hydrogens (tertiary/aromatic N) is 1. The number of hydrogen-bond acceptors (Lipinski definition) is 3. The van der Waals surface area contributed by atoms with Crippen molar-refractivity contribution in [2.24, 2.45) is 0 Å². The van der Waals surface area contributed by atoms with Crippen LogP contribution in [-0.2, 0) is 10.5 Å². The lowest BCUT2D eigenvalue weighted by Crippen LogP contribution is -2.49. The summed E-state index contributed by atoms with van der Waals surface area (Å²) < 4.78 is 13.8. The lowest BCUT2D eigenvalue weighted by molar-refractivity contribution is -0.132. The van der Waals surface area contributed by atoms with Gasteiger partial charge >= 0.3 is 6.03 Å². The first-order valence-electron chi connectivity index (χ1n) is 8.79. The van der Waals surface area contributed by atoms with Crippen LogP contribution >= 0.6 is 11.8 Å². The molecule has 1 saturated heterocycles. The van der Waals surface area contributed by atoms with Crippen molar-refractivity contribution in [2.75, 3.05) is 18.9 Å². The van der Waals surface area contributed by atoms with Gasteiger partial charge in [-0.1, -0.05) is 30.3 Å². The van der Waals surface area contributed by atoms with Crippen LogP contribution in [0.5, 0.6) is 0 Å². The van der Waals surface area contributed by atoms with Crippen molar-refractivity contribution >= 4 is 29.4 Å². The summed E-state index contributed by atoms with van der Waals surface area (Å²) in [6, 6.07) is 13.7. The Morgan fingerprint density at radius 2 is 1.96 bits per heavy atom. The standard InChI is InChI=1S/C20H22FN3O2S/c1-24-12-15(10-11-19(24)25)22-20(26)23-17-8-4-5-9-18(17)27-13-14-6-2-3-7-16(14)21/h2-9,15H,10-13H2,1H3,(H2,22,23,26). The second kappa shape index (κ2) is 8.90. The monoisotopic (exact) mass is 387 g/mol. The van der Waals surface area contributed by atoms with E-state index < -0.39 is 0 Å². The third-order valence-corrected chi connectivity index (χ3v) is 5.56. The Morgan fingerprint density at radius 3 is 2.74 bits per heavy atom. The van der Waals surface area contributed by atoms with Crippen LogP contribution in [0.3, 0.4) is 0 Å². The van der Waals surface area contributed by atoms with Crippen LogP contribution in [0.2, 0.25) is 0 Å². The molecule has 1 unspecified atom stereocenters. The fourth-order valence-corrected chi connectivity index (χ4v) is 3.94. The highest BCUT2D eigenvalue weighted by Crippen LogP contribution is 2.30. The molecule has 2 N–H and O–H groups in total. The van der Waals surface area contributed by atoms with Gasteiger partial charge in [-0.2, -0.15) is 0 Å². The zero-order chi connectivity index (χ0) is 19.2. The van der Waals surface area contributed by atoms with Crippen LogP contribution in [0.15, 0.2) is 53.4 Å². The number of para-hydroxylation sites is 1. The quantitative estimate of drug-likeness (QED) is 0.766.